The summed E-state index contributed by atoms with van der Waals surface area (Å²) in [6.07, 6.45) is 0. The third kappa shape index (κ3) is 4.06. The molecule has 0 fully saturated rings. The van der Waals surface area contributed by atoms with Gasteiger partial charge in [0.2, 0.25) is 5.76 Å². The Morgan fingerprint density at radius 2 is 1.57 bits per heavy atom. The third-order valence-electron chi connectivity index (χ3n) is 3.71. The maximum atomic E-state index is 12.3. The second-order valence-electron chi connectivity index (χ2n) is 7.68. The molecule has 119 valence electrons. The van der Waals surface area contributed by atoms with Crippen molar-refractivity contribution in [2.45, 2.75) is 52.4 Å². The van der Waals surface area contributed by atoms with E-state index in [0.29, 0.717) is 11.0 Å². The first-order valence-electron chi connectivity index (χ1n) is 7.27. The molecule has 0 spiro atoms. The smallest absolute Gasteiger partial charge is 0.371 e. The van der Waals surface area contributed by atoms with Gasteiger partial charge in [0.05, 0.1) is 5.39 Å². The number of rotatable bonds is 1. The number of hydrogen-bond acceptors (Lipinski definition) is 3. The average molecular weight is 325 g/mol. The Balaban J connectivity index is 0.00000264. The molecule has 0 aliphatic rings. The zero-order valence-electron chi connectivity index (χ0n) is 14.9. The molecule has 1 N–H and O–H groups in total. The van der Waals surface area contributed by atoms with Crippen LogP contribution in [-0.4, -0.2) is 40.6 Å². The summed E-state index contributed by atoms with van der Waals surface area (Å²) in [5.41, 5.74) is 1.52. The van der Waals surface area contributed by atoms with Gasteiger partial charge in [-0.25, -0.2) is 4.79 Å². The quantitative estimate of drug-likeness (QED) is 0.812. The molecule has 2 aromatic rings. The van der Waals surface area contributed by atoms with Crippen LogP contribution in [0.5, 0.6) is 0 Å². The molecule has 0 amide bonds. The molecule has 5 heteroatoms. The molecule has 1 aromatic carbocycles. The Morgan fingerprint density at radius 1 is 1.00 bits per heavy atom. The molecule has 23 heavy (non-hydrogen) atoms. The predicted octanol–water partition coefficient (Wildman–Crippen LogP) is 3.71. The number of benzene rings is 1. The van der Waals surface area contributed by atoms with E-state index in [0.717, 1.165) is 17.2 Å². The number of carbonyl (C=O) groups is 1. The van der Waals surface area contributed by atoms with E-state index < -0.39 is 5.97 Å². The Labute approximate surface area is 158 Å². The zero-order chi connectivity index (χ0) is 16.9. The SMILES string of the molecule is CC(C)(C)c1cc(C(C)(C)C)c2oc(C(=O)O)cc(=O)c2c1.[Na]. The van der Waals surface area contributed by atoms with Crippen LogP contribution >= 0.6 is 0 Å². The molecular weight excluding hydrogens is 303 g/mol. The van der Waals surface area contributed by atoms with Gasteiger partial charge in [0, 0.05) is 41.2 Å². The molecule has 0 saturated carbocycles. The minimum atomic E-state index is -1.24. The van der Waals surface area contributed by atoms with Gasteiger partial charge in [0.1, 0.15) is 5.58 Å². The fraction of sp³-hybridized carbons (Fsp3) is 0.444. The van der Waals surface area contributed by atoms with E-state index in [9.17, 15) is 9.59 Å². The van der Waals surface area contributed by atoms with Crippen LogP contribution in [0.25, 0.3) is 11.0 Å². The number of carboxylic acid groups (broad SMARTS) is 1. The van der Waals surface area contributed by atoms with Crippen LogP contribution in [-0.2, 0) is 10.8 Å². The minimum absolute atomic E-state index is 0. The number of fused-ring (bicyclic) bond motifs is 1. The largest absolute Gasteiger partial charge is 0.475 e. The van der Waals surface area contributed by atoms with Crippen molar-refractivity contribution in [1.82, 2.24) is 0 Å². The van der Waals surface area contributed by atoms with Crippen LogP contribution in [0.1, 0.15) is 63.2 Å². The van der Waals surface area contributed by atoms with Gasteiger partial charge in [-0.1, -0.05) is 47.6 Å². The number of carboxylic acids is 1. The zero-order valence-corrected chi connectivity index (χ0v) is 16.9. The molecule has 1 radical (unpaired) electrons. The van der Waals surface area contributed by atoms with Crippen molar-refractivity contribution >= 4 is 46.5 Å². The first-order valence-corrected chi connectivity index (χ1v) is 7.27. The summed E-state index contributed by atoms with van der Waals surface area (Å²) in [5.74, 6) is -1.56. The van der Waals surface area contributed by atoms with Crippen molar-refractivity contribution in [3.63, 3.8) is 0 Å². The van der Waals surface area contributed by atoms with Crippen molar-refractivity contribution in [2.75, 3.05) is 0 Å². The topological polar surface area (TPSA) is 67.5 Å². The van der Waals surface area contributed by atoms with Gasteiger partial charge in [0.25, 0.3) is 0 Å². The molecule has 0 saturated heterocycles. The standard InChI is InChI=1S/C18H22O4.Na/c1-17(2,3)10-7-11-13(19)9-14(16(20)21)22-15(11)12(8-10)18(4,5)6;/h7-9H,1-6H3,(H,20,21);. The monoisotopic (exact) mass is 325 g/mol. The van der Waals surface area contributed by atoms with Gasteiger partial charge >= 0.3 is 5.97 Å². The van der Waals surface area contributed by atoms with Crippen LogP contribution in [0.2, 0.25) is 0 Å². The van der Waals surface area contributed by atoms with Gasteiger partial charge in [-0.2, -0.15) is 0 Å². The summed E-state index contributed by atoms with van der Waals surface area (Å²) in [6.45, 7) is 12.3. The normalized spacial score (nSPS) is 12.1. The van der Waals surface area contributed by atoms with E-state index in [1.54, 1.807) is 0 Å². The third-order valence-corrected chi connectivity index (χ3v) is 3.71. The summed E-state index contributed by atoms with van der Waals surface area (Å²) in [4.78, 5) is 23.5. The van der Waals surface area contributed by atoms with Crippen molar-refractivity contribution < 1.29 is 14.3 Å². The summed E-state index contributed by atoms with van der Waals surface area (Å²) < 4.78 is 5.53. The molecule has 0 aliphatic carbocycles. The molecule has 0 aliphatic heterocycles. The summed E-state index contributed by atoms with van der Waals surface area (Å²) in [6, 6.07) is 4.86. The van der Waals surface area contributed by atoms with E-state index in [-0.39, 0.29) is 51.6 Å². The molecular formula is C18H22NaO4. The van der Waals surface area contributed by atoms with Crippen LogP contribution in [0.4, 0.5) is 0 Å². The van der Waals surface area contributed by atoms with E-state index >= 15 is 0 Å². The fourth-order valence-corrected chi connectivity index (χ4v) is 2.35. The molecule has 0 atom stereocenters. The Bertz CT molecular complexity index is 805. The van der Waals surface area contributed by atoms with Gasteiger partial charge in [-0.3, -0.25) is 4.79 Å². The average Bonchev–Trinajstić information content (AvgIpc) is 2.35. The van der Waals surface area contributed by atoms with E-state index in [1.807, 2.05) is 32.9 Å². The van der Waals surface area contributed by atoms with E-state index in [4.69, 9.17) is 9.52 Å². The van der Waals surface area contributed by atoms with Crippen LogP contribution in [0.3, 0.4) is 0 Å². The fourth-order valence-electron chi connectivity index (χ4n) is 2.35. The van der Waals surface area contributed by atoms with Gasteiger partial charge in [-0.15, -0.1) is 0 Å². The van der Waals surface area contributed by atoms with E-state index in [1.165, 1.54) is 0 Å². The van der Waals surface area contributed by atoms with Crippen molar-refractivity contribution in [3.05, 3.63) is 45.3 Å². The van der Waals surface area contributed by atoms with Crippen molar-refractivity contribution in [2.24, 2.45) is 0 Å². The summed E-state index contributed by atoms with van der Waals surface area (Å²) in [7, 11) is 0. The van der Waals surface area contributed by atoms with Gasteiger partial charge in [-0.05, 0) is 22.5 Å². The summed E-state index contributed by atoms with van der Waals surface area (Å²) >= 11 is 0. The molecule has 1 heterocycles. The Hall–Kier alpha value is -1.10. The van der Waals surface area contributed by atoms with Crippen LogP contribution in [0.15, 0.2) is 27.4 Å². The first kappa shape index (κ1) is 19.9. The molecule has 4 nitrogen and oxygen atoms in total. The summed E-state index contributed by atoms with van der Waals surface area (Å²) in [5, 5.41) is 9.55. The number of hydrogen-bond donors (Lipinski definition) is 1. The predicted molar refractivity (Wildman–Crippen MR) is 92.6 cm³/mol. The molecule has 1 aromatic heterocycles. The first-order chi connectivity index (χ1) is 9.91. The van der Waals surface area contributed by atoms with Crippen LogP contribution < -0.4 is 5.43 Å². The maximum absolute atomic E-state index is 12.3. The van der Waals surface area contributed by atoms with Gasteiger partial charge < -0.3 is 9.52 Å². The van der Waals surface area contributed by atoms with Crippen LogP contribution in [0, 0.1) is 0 Å². The number of aromatic carboxylic acids is 1. The van der Waals surface area contributed by atoms with Crippen molar-refractivity contribution in [1.29, 1.82) is 0 Å². The second-order valence-corrected chi connectivity index (χ2v) is 7.68. The van der Waals surface area contributed by atoms with Crippen molar-refractivity contribution in [3.8, 4) is 0 Å². The minimum Gasteiger partial charge on any atom is -0.475 e. The maximum Gasteiger partial charge on any atom is 0.371 e. The Morgan fingerprint density at radius 3 is 2.00 bits per heavy atom. The molecule has 0 unspecified atom stereocenters. The molecule has 0 bridgehead atoms. The second kappa shape index (κ2) is 6.42. The molecule has 2 rings (SSSR count). The van der Waals surface area contributed by atoms with Gasteiger partial charge in [0.15, 0.2) is 5.43 Å². The Kier molecular flexibility index (Phi) is 5.57. The van der Waals surface area contributed by atoms with E-state index in [2.05, 4.69) is 20.8 Å².